The first kappa shape index (κ1) is 31.8. The van der Waals surface area contributed by atoms with Gasteiger partial charge in [0.05, 0.1) is 11.0 Å². The lowest BCUT2D eigenvalue weighted by Gasteiger charge is -2.18. The summed E-state index contributed by atoms with van der Waals surface area (Å²) in [4.78, 5) is 0. The van der Waals surface area contributed by atoms with Gasteiger partial charge in [-0.3, -0.25) is 0 Å². The summed E-state index contributed by atoms with van der Waals surface area (Å²) in [6.45, 7) is 0. The van der Waals surface area contributed by atoms with E-state index < -0.39 is 0 Å². The van der Waals surface area contributed by atoms with Crippen LogP contribution in [0.25, 0.3) is 115 Å². The minimum atomic E-state index is 1.16. The largest absolute Gasteiger partial charge is 0.309 e. The minimum Gasteiger partial charge on any atom is -0.309 e. The number of rotatable bonds is 4. The first-order valence-corrected chi connectivity index (χ1v) is 19.8. The Morgan fingerprint density at radius 2 is 0.737 bits per heavy atom. The molecular weight excluding hydrogens is 687 g/mol. The Hall–Kier alpha value is -7.48. The van der Waals surface area contributed by atoms with E-state index in [2.05, 4.69) is 217 Å². The van der Waals surface area contributed by atoms with Gasteiger partial charge in [0, 0.05) is 16.5 Å². The first-order chi connectivity index (χ1) is 28.3. The van der Waals surface area contributed by atoms with E-state index in [0.29, 0.717) is 0 Å². The third-order valence-corrected chi connectivity index (χ3v) is 12.1. The molecule has 0 bridgehead atoms. The Morgan fingerprint density at radius 1 is 0.263 bits per heavy atom. The van der Waals surface area contributed by atoms with Gasteiger partial charge in [-0.2, -0.15) is 0 Å². The highest BCUT2D eigenvalue weighted by molar-refractivity contribution is 6.30. The molecule has 264 valence electrons. The Bertz CT molecular complexity index is 3500. The van der Waals surface area contributed by atoms with Crippen molar-refractivity contribution in [3.05, 3.63) is 212 Å². The van der Waals surface area contributed by atoms with E-state index in [4.69, 9.17) is 0 Å². The van der Waals surface area contributed by atoms with Crippen LogP contribution in [0.4, 0.5) is 0 Å². The second kappa shape index (κ2) is 12.5. The van der Waals surface area contributed by atoms with Crippen LogP contribution >= 0.6 is 0 Å². The van der Waals surface area contributed by atoms with E-state index in [0.717, 1.165) is 5.69 Å². The van der Waals surface area contributed by atoms with Crippen LogP contribution in [-0.4, -0.2) is 4.57 Å². The highest BCUT2D eigenvalue weighted by atomic mass is 15.0. The van der Waals surface area contributed by atoms with E-state index in [1.165, 1.54) is 109 Å². The van der Waals surface area contributed by atoms with Crippen molar-refractivity contribution in [2.24, 2.45) is 0 Å². The van der Waals surface area contributed by atoms with Crippen molar-refractivity contribution >= 4 is 75.7 Å². The summed E-state index contributed by atoms with van der Waals surface area (Å²) in [5.74, 6) is 0. The predicted octanol–water partition coefficient (Wildman–Crippen LogP) is 15.6. The maximum absolute atomic E-state index is 2.46. The van der Waals surface area contributed by atoms with Crippen molar-refractivity contribution in [1.29, 1.82) is 0 Å². The van der Waals surface area contributed by atoms with E-state index in [1.807, 2.05) is 0 Å². The summed E-state index contributed by atoms with van der Waals surface area (Å²) in [7, 11) is 0. The molecule has 1 heterocycles. The summed E-state index contributed by atoms with van der Waals surface area (Å²) >= 11 is 0. The van der Waals surface area contributed by atoms with Crippen LogP contribution in [0.5, 0.6) is 0 Å². The van der Waals surface area contributed by atoms with Gasteiger partial charge >= 0.3 is 0 Å². The van der Waals surface area contributed by atoms with Crippen LogP contribution in [0.3, 0.4) is 0 Å². The monoisotopic (exact) mass is 721 g/mol. The lowest BCUT2D eigenvalue weighted by atomic mass is 9.85. The van der Waals surface area contributed by atoms with Gasteiger partial charge in [-0.1, -0.05) is 176 Å². The molecule has 0 aliphatic rings. The number of nitrogens with zero attached hydrogens (tertiary/aromatic N) is 1. The Balaban J connectivity index is 1.08. The average Bonchev–Trinajstić information content (AvgIpc) is 3.63. The Kier molecular flexibility index (Phi) is 7.00. The van der Waals surface area contributed by atoms with E-state index in [1.54, 1.807) is 0 Å². The Labute approximate surface area is 330 Å². The molecule has 57 heavy (non-hydrogen) atoms. The molecule has 12 rings (SSSR count). The van der Waals surface area contributed by atoms with Gasteiger partial charge in [0.1, 0.15) is 0 Å². The number of benzene rings is 11. The molecule has 0 radical (unpaired) electrons. The lowest BCUT2D eigenvalue weighted by Crippen LogP contribution is -1.94. The fourth-order valence-corrected chi connectivity index (χ4v) is 9.66. The molecule has 0 unspecified atom stereocenters. The predicted molar refractivity (Wildman–Crippen MR) is 245 cm³/mol. The minimum absolute atomic E-state index is 1.16. The fraction of sp³-hybridized carbons (Fsp3) is 0. The van der Waals surface area contributed by atoms with Crippen LogP contribution in [-0.2, 0) is 0 Å². The van der Waals surface area contributed by atoms with Crippen LogP contribution in [0.15, 0.2) is 212 Å². The van der Waals surface area contributed by atoms with Crippen molar-refractivity contribution in [3.63, 3.8) is 0 Å². The summed E-state index contributed by atoms with van der Waals surface area (Å²) in [6.07, 6.45) is 0. The Morgan fingerprint density at radius 3 is 1.40 bits per heavy atom. The molecule has 0 saturated heterocycles. The maximum Gasteiger partial charge on any atom is 0.0553 e. The smallest absolute Gasteiger partial charge is 0.0553 e. The van der Waals surface area contributed by atoms with Gasteiger partial charge in [0.2, 0.25) is 0 Å². The molecule has 1 heteroatoms. The van der Waals surface area contributed by atoms with Crippen LogP contribution in [0.2, 0.25) is 0 Å². The number of hydrogen-bond acceptors (Lipinski definition) is 0. The number of hydrogen-bond donors (Lipinski definition) is 0. The van der Waals surface area contributed by atoms with Crippen molar-refractivity contribution < 1.29 is 0 Å². The van der Waals surface area contributed by atoms with Gasteiger partial charge in [0.15, 0.2) is 0 Å². The molecule has 0 atom stereocenters. The maximum atomic E-state index is 2.46. The normalized spacial score (nSPS) is 11.9. The second-order valence-electron chi connectivity index (χ2n) is 15.2. The van der Waals surface area contributed by atoms with Crippen molar-refractivity contribution in [2.45, 2.75) is 0 Å². The average molecular weight is 722 g/mol. The molecule has 0 aliphatic heterocycles. The molecule has 0 saturated carbocycles. The van der Waals surface area contributed by atoms with Crippen molar-refractivity contribution in [2.75, 3.05) is 0 Å². The second-order valence-corrected chi connectivity index (χ2v) is 15.2. The number of fused-ring (bicyclic) bond motifs is 10. The van der Waals surface area contributed by atoms with Crippen LogP contribution in [0.1, 0.15) is 0 Å². The van der Waals surface area contributed by atoms with Gasteiger partial charge in [0.25, 0.3) is 0 Å². The molecule has 0 spiro atoms. The molecule has 0 amide bonds. The SMILES string of the molecule is c1ccc(-c2c3ccccc3c(-c3ccc4cc(-c5cc6c(c7ccccc57)c5c7ccccc7ccc5n6-c5ccccc5)ccc4c3)c3ccccc23)cc1. The van der Waals surface area contributed by atoms with E-state index >= 15 is 0 Å². The quantitative estimate of drug-likeness (QED) is 0.160. The highest BCUT2D eigenvalue weighted by Crippen LogP contribution is 2.46. The fourth-order valence-electron chi connectivity index (χ4n) is 9.66. The van der Waals surface area contributed by atoms with Gasteiger partial charge in [-0.15, -0.1) is 0 Å². The molecule has 11 aromatic carbocycles. The zero-order valence-electron chi connectivity index (χ0n) is 31.2. The van der Waals surface area contributed by atoms with Gasteiger partial charge in [-0.25, -0.2) is 0 Å². The van der Waals surface area contributed by atoms with Crippen LogP contribution < -0.4 is 0 Å². The van der Waals surface area contributed by atoms with Crippen LogP contribution in [0, 0.1) is 0 Å². The molecule has 0 fully saturated rings. The molecule has 1 aromatic heterocycles. The summed E-state index contributed by atoms with van der Waals surface area (Å²) in [6, 6.07) is 78.2. The zero-order valence-corrected chi connectivity index (χ0v) is 31.2. The molecule has 0 aliphatic carbocycles. The van der Waals surface area contributed by atoms with Gasteiger partial charge < -0.3 is 4.57 Å². The highest BCUT2D eigenvalue weighted by Gasteiger charge is 2.21. The summed E-state index contributed by atoms with van der Waals surface area (Å²) in [5, 5.41) is 15.2. The zero-order chi connectivity index (χ0) is 37.5. The van der Waals surface area contributed by atoms with E-state index in [9.17, 15) is 0 Å². The topological polar surface area (TPSA) is 4.93 Å². The van der Waals surface area contributed by atoms with Crippen molar-refractivity contribution in [1.82, 2.24) is 4.57 Å². The molecule has 12 aromatic rings. The summed E-state index contributed by atoms with van der Waals surface area (Å²) < 4.78 is 2.46. The molecule has 1 nitrogen and oxygen atoms in total. The lowest BCUT2D eigenvalue weighted by molar-refractivity contribution is 1.18. The third-order valence-electron chi connectivity index (χ3n) is 12.1. The third kappa shape index (κ3) is 4.83. The summed E-state index contributed by atoms with van der Waals surface area (Å²) in [5.41, 5.74) is 11.1. The standard InChI is InChI=1S/C56H35N/c1-3-16-37(17-4-1)53-46-23-11-13-25-48(46)54(49-26-14-12-24-47(49)53)41-30-28-38-33-40(29-27-39(38)34-41)50-35-52-56(45-22-10-9-21-44(45)50)55-43-20-8-7-15-36(43)31-32-51(55)57(52)42-18-5-2-6-19-42/h1-35H. The number of aromatic nitrogens is 1. The number of para-hydroxylation sites is 1. The van der Waals surface area contributed by atoms with E-state index in [-0.39, 0.29) is 0 Å². The first-order valence-electron chi connectivity index (χ1n) is 19.8. The molecular formula is C56H35N. The van der Waals surface area contributed by atoms with Gasteiger partial charge in [-0.05, 0) is 124 Å². The van der Waals surface area contributed by atoms with Crippen molar-refractivity contribution in [3.8, 4) is 39.1 Å². The molecule has 0 N–H and O–H groups in total.